The van der Waals surface area contributed by atoms with Crippen molar-refractivity contribution in [3.8, 4) is 17.6 Å². The SMILES string of the molecule is N#Cc1cnc(Nc2ccc3c(c2)OC(F)(F)O3)c(N)c1. The molecule has 0 bridgehead atoms. The molecule has 0 unspecified atom stereocenters. The molecule has 106 valence electrons. The molecule has 2 aromatic rings. The molecule has 0 amide bonds. The van der Waals surface area contributed by atoms with Gasteiger partial charge in [0.05, 0.1) is 11.3 Å². The number of ether oxygens (including phenoxy) is 2. The monoisotopic (exact) mass is 290 g/mol. The number of hydrogen-bond donors (Lipinski definition) is 2. The van der Waals surface area contributed by atoms with Crippen LogP contribution in [0.15, 0.2) is 30.5 Å². The second-order valence-corrected chi connectivity index (χ2v) is 4.23. The highest BCUT2D eigenvalue weighted by molar-refractivity contribution is 5.71. The van der Waals surface area contributed by atoms with Gasteiger partial charge in [-0.2, -0.15) is 5.26 Å². The van der Waals surface area contributed by atoms with Crippen LogP contribution in [0.2, 0.25) is 0 Å². The lowest BCUT2D eigenvalue weighted by molar-refractivity contribution is -0.286. The van der Waals surface area contributed by atoms with Crippen LogP contribution in [0.5, 0.6) is 11.5 Å². The number of fused-ring (bicyclic) bond motifs is 1. The average Bonchev–Trinajstić information content (AvgIpc) is 2.74. The maximum absolute atomic E-state index is 12.9. The van der Waals surface area contributed by atoms with Gasteiger partial charge in [0, 0.05) is 18.0 Å². The van der Waals surface area contributed by atoms with Crippen molar-refractivity contribution in [2.45, 2.75) is 6.29 Å². The van der Waals surface area contributed by atoms with Gasteiger partial charge in [0.15, 0.2) is 17.3 Å². The number of aromatic nitrogens is 1. The van der Waals surface area contributed by atoms with Crippen LogP contribution in [0.1, 0.15) is 5.56 Å². The fraction of sp³-hybridized carbons (Fsp3) is 0.0769. The first-order valence-electron chi connectivity index (χ1n) is 5.79. The van der Waals surface area contributed by atoms with Gasteiger partial charge in [-0.1, -0.05) is 0 Å². The van der Waals surface area contributed by atoms with Crippen molar-refractivity contribution in [3.63, 3.8) is 0 Å². The molecule has 1 aromatic carbocycles. The van der Waals surface area contributed by atoms with Crippen molar-refractivity contribution >= 4 is 17.2 Å². The van der Waals surface area contributed by atoms with E-state index in [-0.39, 0.29) is 17.2 Å². The van der Waals surface area contributed by atoms with E-state index in [4.69, 9.17) is 11.0 Å². The lowest BCUT2D eigenvalue weighted by Gasteiger charge is -2.08. The maximum Gasteiger partial charge on any atom is 0.586 e. The number of halogens is 2. The Hall–Kier alpha value is -3.08. The Morgan fingerprint density at radius 2 is 2.00 bits per heavy atom. The lowest BCUT2D eigenvalue weighted by Crippen LogP contribution is -2.25. The molecule has 1 aliphatic rings. The first-order chi connectivity index (χ1) is 9.97. The number of pyridine rings is 1. The van der Waals surface area contributed by atoms with E-state index in [2.05, 4.69) is 19.8 Å². The van der Waals surface area contributed by atoms with Gasteiger partial charge in [-0.25, -0.2) is 4.98 Å². The molecule has 0 aliphatic carbocycles. The Balaban J connectivity index is 1.86. The van der Waals surface area contributed by atoms with Crippen molar-refractivity contribution in [1.82, 2.24) is 4.98 Å². The molecule has 6 nitrogen and oxygen atoms in total. The minimum atomic E-state index is -3.66. The minimum Gasteiger partial charge on any atom is -0.396 e. The molecular weight excluding hydrogens is 282 g/mol. The summed E-state index contributed by atoms with van der Waals surface area (Å²) in [6.07, 6.45) is -2.31. The molecule has 0 saturated carbocycles. The summed E-state index contributed by atoms with van der Waals surface area (Å²) in [5, 5.41) is 11.6. The zero-order valence-corrected chi connectivity index (χ0v) is 10.4. The molecule has 8 heteroatoms. The largest absolute Gasteiger partial charge is 0.586 e. The van der Waals surface area contributed by atoms with Gasteiger partial charge in [-0.05, 0) is 18.2 Å². The Morgan fingerprint density at radius 1 is 1.24 bits per heavy atom. The molecule has 2 heterocycles. The molecule has 0 fully saturated rings. The number of rotatable bonds is 2. The molecule has 3 rings (SSSR count). The van der Waals surface area contributed by atoms with Gasteiger partial charge in [0.2, 0.25) is 0 Å². The second-order valence-electron chi connectivity index (χ2n) is 4.23. The van der Waals surface area contributed by atoms with Crippen LogP contribution in [0.4, 0.5) is 26.0 Å². The highest BCUT2D eigenvalue weighted by Crippen LogP contribution is 2.42. The van der Waals surface area contributed by atoms with E-state index in [1.54, 1.807) is 0 Å². The topological polar surface area (TPSA) is 93.2 Å². The van der Waals surface area contributed by atoms with E-state index in [0.29, 0.717) is 17.1 Å². The maximum atomic E-state index is 12.9. The Labute approximate surface area is 117 Å². The number of anilines is 3. The van der Waals surface area contributed by atoms with Crippen LogP contribution in [-0.4, -0.2) is 11.3 Å². The molecule has 1 aliphatic heterocycles. The highest BCUT2D eigenvalue weighted by Gasteiger charge is 2.43. The van der Waals surface area contributed by atoms with Crippen LogP contribution < -0.4 is 20.5 Å². The molecule has 0 radical (unpaired) electrons. The van der Waals surface area contributed by atoms with Crippen LogP contribution in [0.3, 0.4) is 0 Å². The van der Waals surface area contributed by atoms with E-state index < -0.39 is 6.29 Å². The number of alkyl halides is 2. The average molecular weight is 290 g/mol. The summed E-state index contributed by atoms with van der Waals surface area (Å²) in [4.78, 5) is 3.99. The summed E-state index contributed by atoms with van der Waals surface area (Å²) in [5.41, 5.74) is 6.78. The standard InChI is InChI=1S/C13H8F2N4O2/c14-13(15)20-10-2-1-8(4-11(10)21-13)19-12-9(17)3-7(5-16)6-18-12/h1-4,6H,17H2,(H,18,19). The number of nitrogens with zero attached hydrogens (tertiary/aromatic N) is 2. The third-order valence-electron chi connectivity index (χ3n) is 2.71. The number of benzene rings is 1. The van der Waals surface area contributed by atoms with E-state index in [9.17, 15) is 8.78 Å². The van der Waals surface area contributed by atoms with Crippen molar-refractivity contribution in [2.75, 3.05) is 11.1 Å². The summed E-state index contributed by atoms with van der Waals surface area (Å²) in [6, 6.07) is 7.57. The molecule has 0 atom stereocenters. The summed E-state index contributed by atoms with van der Waals surface area (Å²) < 4.78 is 34.5. The van der Waals surface area contributed by atoms with Crippen molar-refractivity contribution in [3.05, 3.63) is 36.0 Å². The molecular formula is C13H8F2N4O2. The minimum absolute atomic E-state index is 0.0497. The quantitative estimate of drug-likeness (QED) is 0.883. The number of hydrogen-bond acceptors (Lipinski definition) is 6. The van der Waals surface area contributed by atoms with E-state index >= 15 is 0 Å². The van der Waals surface area contributed by atoms with Gasteiger partial charge < -0.3 is 20.5 Å². The summed E-state index contributed by atoms with van der Waals surface area (Å²) in [7, 11) is 0. The van der Waals surface area contributed by atoms with Crippen molar-refractivity contribution < 1.29 is 18.3 Å². The first kappa shape index (κ1) is 12.9. The Morgan fingerprint density at radius 3 is 2.71 bits per heavy atom. The highest BCUT2D eigenvalue weighted by atomic mass is 19.3. The zero-order chi connectivity index (χ0) is 15.0. The lowest BCUT2D eigenvalue weighted by atomic mass is 10.2. The van der Waals surface area contributed by atoms with E-state index in [1.807, 2.05) is 6.07 Å². The third kappa shape index (κ3) is 2.49. The number of nitrogen functional groups attached to an aromatic ring is 1. The summed E-state index contributed by atoms with van der Waals surface area (Å²) in [5.74, 6) is 0.170. The molecule has 0 saturated heterocycles. The molecule has 0 spiro atoms. The Bertz CT molecular complexity index is 758. The van der Waals surface area contributed by atoms with Gasteiger partial charge in [-0.15, -0.1) is 8.78 Å². The normalized spacial score (nSPS) is 14.5. The van der Waals surface area contributed by atoms with Crippen LogP contribution >= 0.6 is 0 Å². The van der Waals surface area contributed by atoms with Gasteiger partial charge in [0.1, 0.15) is 6.07 Å². The predicted molar refractivity (Wildman–Crippen MR) is 69.3 cm³/mol. The fourth-order valence-electron chi connectivity index (χ4n) is 1.81. The van der Waals surface area contributed by atoms with E-state index in [1.165, 1.54) is 30.5 Å². The summed E-state index contributed by atoms with van der Waals surface area (Å²) >= 11 is 0. The van der Waals surface area contributed by atoms with Crippen molar-refractivity contribution in [1.29, 1.82) is 5.26 Å². The number of nitrogens with one attached hydrogen (secondary N) is 1. The smallest absolute Gasteiger partial charge is 0.396 e. The number of nitriles is 1. The van der Waals surface area contributed by atoms with E-state index in [0.717, 1.165) is 0 Å². The Kier molecular flexibility index (Phi) is 2.76. The van der Waals surface area contributed by atoms with Crippen LogP contribution in [0.25, 0.3) is 0 Å². The van der Waals surface area contributed by atoms with Crippen molar-refractivity contribution in [2.24, 2.45) is 0 Å². The van der Waals surface area contributed by atoms with Crippen LogP contribution in [0, 0.1) is 11.3 Å². The van der Waals surface area contributed by atoms with Gasteiger partial charge >= 0.3 is 6.29 Å². The fourth-order valence-corrected chi connectivity index (χ4v) is 1.81. The third-order valence-corrected chi connectivity index (χ3v) is 2.71. The number of nitrogens with two attached hydrogens (primary N) is 1. The molecule has 21 heavy (non-hydrogen) atoms. The first-order valence-corrected chi connectivity index (χ1v) is 5.79. The predicted octanol–water partition coefficient (Wildman–Crippen LogP) is 2.60. The molecule has 3 N–H and O–H groups in total. The summed E-state index contributed by atoms with van der Waals surface area (Å²) in [6.45, 7) is 0. The second kappa shape index (κ2) is 4.49. The zero-order valence-electron chi connectivity index (χ0n) is 10.4. The molecule has 1 aromatic heterocycles. The van der Waals surface area contributed by atoms with Crippen LogP contribution in [-0.2, 0) is 0 Å². The van der Waals surface area contributed by atoms with Gasteiger partial charge in [-0.3, -0.25) is 0 Å². The van der Waals surface area contributed by atoms with Gasteiger partial charge in [0.25, 0.3) is 0 Å².